The summed E-state index contributed by atoms with van der Waals surface area (Å²) in [4.78, 5) is 0. The molecule has 0 aromatic heterocycles. The standard InChI is InChI=1S/C16H16BrFIN/c1-2-9-20-16(11-3-6-13(18)7-4-11)14-10-12(17)5-8-15(14)19/h3-8,10,16,20H,2,9H2,1H3. The molecule has 0 bridgehead atoms. The highest BCUT2D eigenvalue weighted by Gasteiger charge is 2.16. The molecule has 0 spiro atoms. The molecular weight excluding hydrogens is 432 g/mol. The van der Waals surface area contributed by atoms with Gasteiger partial charge in [0.25, 0.3) is 0 Å². The smallest absolute Gasteiger partial charge is 0.123 e. The fourth-order valence-electron chi connectivity index (χ4n) is 2.09. The highest BCUT2D eigenvalue weighted by atomic mass is 127. The predicted octanol–water partition coefficient (Wildman–Crippen LogP) is 5.28. The molecule has 106 valence electrons. The van der Waals surface area contributed by atoms with Crippen molar-refractivity contribution >= 4 is 38.5 Å². The second-order valence-corrected chi connectivity index (χ2v) is 6.68. The van der Waals surface area contributed by atoms with Crippen LogP contribution in [0.15, 0.2) is 46.9 Å². The number of hydrogen-bond acceptors (Lipinski definition) is 1. The Morgan fingerprint density at radius 3 is 2.55 bits per heavy atom. The first-order valence-corrected chi connectivity index (χ1v) is 8.42. The summed E-state index contributed by atoms with van der Waals surface area (Å²) in [5.74, 6) is -0.202. The second-order valence-electron chi connectivity index (χ2n) is 4.60. The Kier molecular flexibility index (Phi) is 5.99. The van der Waals surface area contributed by atoms with Gasteiger partial charge in [0.2, 0.25) is 0 Å². The van der Waals surface area contributed by atoms with Crippen LogP contribution in [-0.2, 0) is 0 Å². The van der Waals surface area contributed by atoms with Gasteiger partial charge in [0, 0.05) is 8.04 Å². The van der Waals surface area contributed by atoms with Gasteiger partial charge in [0.15, 0.2) is 0 Å². The predicted molar refractivity (Wildman–Crippen MR) is 93.4 cm³/mol. The molecule has 0 aliphatic carbocycles. The zero-order valence-electron chi connectivity index (χ0n) is 11.2. The Hall–Kier alpha value is -0.460. The van der Waals surface area contributed by atoms with E-state index in [0.29, 0.717) is 0 Å². The van der Waals surface area contributed by atoms with Gasteiger partial charge < -0.3 is 5.32 Å². The maximum absolute atomic E-state index is 13.1. The number of nitrogens with one attached hydrogen (secondary N) is 1. The van der Waals surface area contributed by atoms with Crippen molar-refractivity contribution in [1.82, 2.24) is 5.32 Å². The summed E-state index contributed by atoms with van der Waals surface area (Å²) in [6, 6.07) is 13.1. The van der Waals surface area contributed by atoms with Crippen molar-refractivity contribution in [2.75, 3.05) is 6.54 Å². The first-order valence-electron chi connectivity index (χ1n) is 6.55. The van der Waals surface area contributed by atoms with E-state index in [1.165, 1.54) is 21.3 Å². The van der Waals surface area contributed by atoms with Gasteiger partial charge in [-0.05, 0) is 77.0 Å². The van der Waals surface area contributed by atoms with Crippen molar-refractivity contribution in [3.63, 3.8) is 0 Å². The molecule has 0 aliphatic heterocycles. The summed E-state index contributed by atoms with van der Waals surface area (Å²) in [6.07, 6.45) is 1.06. The highest BCUT2D eigenvalue weighted by molar-refractivity contribution is 14.1. The Balaban J connectivity index is 2.41. The summed E-state index contributed by atoms with van der Waals surface area (Å²) in [6.45, 7) is 3.06. The van der Waals surface area contributed by atoms with E-state index in [0.717, 1.165) is 23.0 Å². The molecule has 2 rings (SSSR count). The third-order valence-corrected chi connectivity index (χ3v) is 4.55. The average molecular weight is 448 g/mol. The van der Waals surface area contributed by atoms with E-state index in [4.69, 9.17) is 0 Å². The van der Waals surface area contributed by atoms with Gasteiger partial charge >= 0.3 is 0 Å². The van der Waals surface area contributed by atoms with Crippen LogP contribution in [-0.4, -0.2) is 6.54 Å². The molecule has 0 aliphatic rings. The van der Waals surface area contributed by atoms with Crippen LogP contribution in [0.2, 0.25) is 0 Å². The molecule has 0 radical (unpaired) electrons. The zero-order chi connectivity index (χ0) is 14.5. The lowest BCUT2D eigenvalue weighted by molar-refractivity contribution is 0.591. The Morgan fingerprint density at radius 2 is 1.90 bits per heavy atom. The zero-order valence-corrected chi connectivity index (χ0v) is 14.9. The van der Waals surface area contributed by atoms with Crippen LogP contribution in [0.3, 0.4) is 0 Å². The number of benzene rings is 2. The third-order valence-electron chi connectivity index (χ3n) is 3.07. The molecular formula is C16H16BrFIN. The normalized spacial score (nSPS) is 12.4. The van der Waals surface area contributed by atoms with E-state index in [2.05, 4.69) is 62.9 Å². The fraction of sp³-hybridized carbons (Fsp3) is 0.250. The molecule has 1 N–H and O–H groups in total. The lowest BCUT2D eigenvalue weighted by atomic mass is 9.98. The lowest BCUT2D eigenvalue weighted by Gasteiger charge is -2.21. The molecule has 2 aromatic rings. The quantitative estimate of drug-likeness (QED) is 0.614. The Labute approximate surface area is 141 Å². The van der Waals surface area contributed by atoms with Gasteiger partial charge in [-0.15, -0.1) is 0 Å². The van der Waals surface area contributed by atoms with Gasteiger partial charge in [-0.2, -0.15) is 0 Å². The molecule has 1 unspecified atom stereocenters. The van der Waals surface area contributed by atoms with Gasteiger partial charge in [-0.3, -0.25) is 0 Å². The highest BCUT2D eigenvalue weighted by Crippen LogP contribution is 2.29. The minimum Gasteiger partial charge on any atom is -0.306 e. The van der Waals surface area contributed by atoms with E-state index < -0.39 is 0 Å². The van der Waals surface area contributed by atoms with E-state index >= 15 is 0 Å². The van der Waals surface area contributed by atoms with Crippen molar-refractivity contribution in [2.24, 2.45) is 0 Å². The van der Waals surface area contributed by atoms with E-state index in [1.807, 2.05) is 18.2 Å². The number of halogens is 3. The van der Waals surface area contributed by atoms with E-state index in [9.17, 15) is 4.39 Å². The summed E-state index contributed by atoms with van der Waals surface area (Å²) >= 11 is 5.87. The van der Waals surface area contributed by atoms with Crippen LogP contribution >= 0.6 is 38.5 Å². The summed E-state index contributed by atoms with van der Waals surface area (Å²) in [5.41, 5.74) is 2.29. The average Bonchev–Trinajstić information content (AvgIpc) is 2.44. The van der Waals surface area contributed by atoms with Crippen LogP contribution in [0.4, 0.5) is 4.39 Å². The minimum atomic E-state index is -0.202. The fourth-order valence-corrected chi connectivity index (χ4v) is 3.11. The number of rotatable bonds is 5. The van der Waals surface area contributed by atoms with Crippen LogP contribution in [0.25, 0.3) is 0 Å². The van der Waals surface area contributed by atoms with Crippen molar-refractivity contribution < 1.29 is 4.39 Å². The summed E-state index contributed by atoms with van der Waals surface area (Å²) in [5, 5.41) is 3.54. The summed E-state index contributed by atoms with van der Waals surface area (Å²) in [7, 11) is 0. The monoisotopic (exact) mass is 447 g/mol. The molecule has 0 saturated carbocycles. The van der Waals surface area contributed by atoms with Gasteiger partial charge in [0.05, 0.1) is 6.04 Å². The first-order chi connectivity index (χ1) is 9.61. The van der Waals surface area contributed by atoms with Crippen LogP contribution in [0.5, 0.6) is 0 Å². The third kappa shape index (κ3) is 4.02. The van der Waals surface area contributed by atoms with Crippen LogP contribution in [0.1, 0.15) is 30.5 Å². The molecule has 0 fully saturated rings. The molecule has 1 nitrogen and oxygen atoms in total. The van der Waals surface area contributed by atoms with Crippen LogP contribution < -0.4 is 5.32 Å². The summed E-state index contributed by atoms with van der Waals surface area (Å²) < 4.78 is 15.4. The van der Waals surface area contributed by atoms with E-state index in [-0.39, 0.29) is 11.9 Å². The molecule has 4 heteroatoms. The van der Waals surface area contributed by atoms with Gasteiger partial charge in [-0.25, -0.2) is 4.39 Å². The minimum absolute atomic E-state index is 0.0833. The topological polar surface area (TPSA) is 12.0 Å². The molecule has 0 amide bonds. The van der Waals surface area contributed by atoms with Crippen molar-refractivity contribution in [2.45, 2.75) is 19.4 Å². The molecule has 2 aromatic carbocycles. The Morgan fingerprint density at radius 1 is 1.20 bits per heavy atom. The molecule has 1 atom stereocenters. The Bertz CT molecular complexity index is 571. The van der Waals surface area contributed by atoms with E-state index in [1.54, 1.807) is 0 Å². The SMILES string of the molecule is CCCNC(c1ccc(F)cc1)c1cc(Br)ccc1I. The van der Waals surface area contributed by atoms with Crippen LogP contribution in [0, 0.1) is 9.39 Å². The first kappa shape index (κ1) is 15.9. The maximum atomic E-state index is 13.1. The van der Waals surface area contributed by atoms with Gasteiger partial charge in [0.1, 0.15) is 5.82 Å². The second kappa shape index (κ2) is 7.52. The van der Waals surface area contributed by atoms with Gasteiger partial charge in [-0.1, -0.05) is 35.0 Å². The molecule has 0 saturated heterocycles. The molecule has 0 heterocycles. The van der Waals surface area contributed by atoms with Crippen molar-refractivity contribution in [3.05, 3.63) is 67.5 Å². The maximum Gasteiger partial charge on any atom is 0.123 e. The number of hydrogen-bond donors (Lipinski definition) is 1. The van der Waals surface area contributed by atoms with Crippen molar-refractivity contribution in [1.29, 1.82) is 0 Å². The lowest BCUT2D eigenvalue weighted by Crippen LogP contribution is -2.24. The largest absolute Gasteiger partial charge is 0.306 e. The molecule has 20 heavy (non-hydrogen) atoms. The van der Waals surface area contributed by atoms with Crippen molar-refractivity contribution in [3.8, 4) is 0 Å².